The van der Waals surface area contributed by atoms with Gasteiger partial charge >= 0.3 is 0 Å². The van der Waals surface area contributed by atoms with Gasteiger partial charge in [0.2, 0.25) is 0 Å². The highest BCUT2D eigenvalue weighted by Crippen LogP contribution is 2.29. The number of hydrogen-bond acceptors (Lipinski definition) is 2. The lowest BCUT2D eigenvalue weighted by Gasteiger charge is -2.08. The van der Waals surface area contributed by atoms with Crippen molar-refractivity contribution >= 4 is 17.3 Å². The fraction of sp³-hybridized carbons (Fsp3) is 0.250. The molecular weight excluding hydrogens is 258 g/mol. The zero-order valence-electron chi connectivity index (χ0n) is 10.6. The maximum Gasteiger partial charge on any atom is 0.127 e. The third-order valence-corrected chi connectivity index (χ3v) is 3.45. The highest BCUT2D eigenvalue weighted by Gasteiger charge is 2.20. The Balaban J connectivity index is 1.59. The van der Waals surface area contributed by atoms with Crippen LogP contribution in [-0.2, 0) is 0 Å². The van der Waals surface area contributed by atoms with E-state index in [1.807, 2.05) is 48.5 Å². The van der Waals surface area contributed by atoms with Gasteiger partial charge in [-0.15, -0.1) is 0 Å². The number of benzene rings is 2. The quantitative estimate of drug-likeness (QED) is 0.832. The highest BCUT2D eigenvalue weighted by atomic mass is 35.5. The van der Waals surface area contributed by atoms with Crippen molar-refractivity contribution in [2.45, 2.75) is 12.8 Å². The predicted octanol–water partition coefficient (Wildman–Crippen LogP) is 4.95. The monoisotopic (exact) mass is 273 g/mol. The minimum atomic E-state index is 0.715. The molecule has 2 aromatic rings. The maximum atomic E-state index is 5.84. The van der Waals surface area contributed by atoms with Crippen LogP contribution in [0.1, 0.15) is 12.8 Å². The molecule has 0 spiro atoms. The van der Waals surface area contributed by atoms with Gasteiger partial charge in [-0.3, -0.25) is 0 Å². The normalized spacial score (nSPS) is 14.2. The molecule has 0 aromatic heterocycles. The molecule has 0 radical (unpaired) electrons. The van der Waals surface area contributed by atoms with Gasteiger partial charge in [-0.05, 0) is 67.3 Å². The van der Waals surface area contributed by atoms with E-state index in [1.165, 1.54) is 12.8 Å². The van der Waals surface area contributed by atoms with E-state index in [1.54, 1.807) is 0 Å². The molecule has 0 amide bonds. The van der Waals surface area contributed by atoms with Gasteiger partial charge < -0.3 is 10.1 Å². The number of nitrogens with one attached hydrogen (secondary N) is 1. The third kappa shape index (κ3) is 3.65. The zero-order valence-corrected chi connectivity index (χ0v) is 11.4. The fourth-order valence-corrected chi connectivity index (χ4v) is 1.99. The Morgan fingerprint density at radius 3 is 2.11 bits per heavy atom. The van der Waals surface area contributed by atoms with Crippen molar-refractivity contribution in [3.8, 4) is 11.5 Å². The van der Waals surface area contributed by atoms with E-state index in [0.717, 1.165) is 29.6 Å². The first-order chi connectivity index (χ1) is 9.29. The summed E-state index contributed by atoms with van der Waals surface area (Å²) in [6.07, 6.45) is 2.73. The van der Waals surface area contributed by atoms with Crippen LogP contribution in [0.4, 0.5) is 5.69 Å². The number of anilines is 1. The molecule has 2 nitrogen and oxygen atoms in total. The third-order valence-electron chi connectivity index (χ3n) is 3.20. The van der Waals surface area contributed by atoms with Crippen molar-refractivity contribution in [3.05, 3.63) is 53.6 Å². The van der Waals surface area contributed by atoms with Crippen molar-refractivity contribution in [2.75, 3.05) is 11.9 Å². The molecule has 0 unspecified atom stereocenters. The molecule has 3 heteroatoms. The van der Waals surface area contributed by atoms with E-state index in [0.29, 0.717) is 5.02 Å². The maximum absolute atomic E-state index is 5.84. The molecule has 0 saturated heterocycles. The minimum absolute atomic E-state index is 0.715. The van der Waals surface area contributed by atoms with Crippen LogP contribution in [0.5, 0.6) is 11.5 Å². The molecule has 0 bridgehead atoms. The average molecular weight is 274 g/mol. The lowest BCUT2D eigenvalue weighted by atomic mass is 10.3. The van der Waals surface area contributed by atoms with Crippen LogP contribution in [0.15, 0.2) is 48.5 Å². The Morgan fingerprint density at radius 2 is 1.53 bits per heavy atom. The van der Waals surface area contributed by atoms with E-state index in [-0.39, 0.29) is 0 Å². The Hall–Kier alpha value is -1.67. The van der Waals surface area contributed by atoms with Crippen LogP contribution in [0.3, 0.4) is 0 Å². The second-order valence-corrected chi connectivity index (χ2v) is 5.34. The van der Waals surface area contributed by atoms with E-state index in [4.69, 9.17) is 16.3 Å². The van der Waals surface area contributed by atoms with Crippen molar-refractivity contribution in [2.24, 2.45) is 5.92 Å². The van der Waals surface area contributed by atoms with Gasteiger partial charge in [0, 0.05) is 17.3 Å². The Bertz CT molecular complexity index is 532. The topological polar surface area (TPSA) is 21.3 Å². The van der Waals surface area contributed by atoms with Gasteiger partial charge in [0.15, 0.2) is 0 Å². The standard InChI is InChI=1S/C16H16ClNO/c17-13-3-7-15(8-4-13)19-16-9-5-14(6-10-16)18-11-12-1-2-12/h3-10,12,18H,1-2,11H2. The lowest BCUT2D eigenvalue weighted by molar-refractivity contribution is 0.483. The zero-order chi connectivity index (χ0) is 13.1. The second-order valence-electron chi connectivity index (χ2n) is 4.90. The SMILES string of the molecule is Clc1ccc(Oc2ccc(NCC3CC3)cc2)cc1. The fourth-order valence-electron chi connectivity index (χ4n) is 1.86. The Kier molecular flexibility index (Phi) is 3.60. The van der Waals surface area contributed by atoms with Gasteiger partial charge in [-0.2, -0.15) is 0 Å². The summed E-state index contributed by atoms with van der Waals surface area (Å²) >= 11 is 5.84. The van der Waals surface area contributed by atoms with E-state index < -0.39 is 0 Å². The van der Waals surface area contributed by atoms with Gasteiger partial charge in [0.25, 0.3) is 0 Å². The molecule has 0 heterocycles. The van der Waals surface area contributed by atoms with Crippen LogP contribution in [0, 0.1) is 5.92 Å². The van der Waals surface area contributed by atoms with Crippen molar-refractivity contribution < 1.29 is 4.74 Å². The van der Waals surface area contributed by atoms with Crippen LogP contribution in [0.2, 0.25) is 5.02 Å². The number of halogens is 1. The first-order valence-corrected chi connectivity index (χ1v) is 6.95. The van der Waals surface area contributed by atoms with Gasteiger partial charge in [0.05, 0.1) is 0 Å². The number of ether oxygens (including phenoxy) is 1. The molecule has 1 N–H and O–H groups in total. The largest absolute Gasteiger partial charge is 0.457 e. The molecule has 19 heavy (non-hydrogen) atoms. The Labute approximate surface area is 118 Å². The molecule has 98 valence electrons. The first-order valence-electron chi connectivity index (χ1n) is 6.57. The van der Waals surface area contributed by atoms with E-state index in [9.17, 15) is 0 Å². The highest BCUT2D eigenvalue weighted by molar-refractivity contribution is 6.30. The molecule has 2 aromatic carbocycles. The summed E-state index contributed by atoms with van der Waals surface area (Å²) in [4.78, 5) is 0. The molecule has 3 rings (SSSR count). The Morgan fingerprint density at radius 1 is 0.947 bits per heavy atom. The summed E-state index contributed by atoms with van der Waals surface area (Å²) in [5, 5.41) is 4.15. The van der Waals surface area contributed by atoms with Crippen LogP contribution < -0.4 is 10.1 Å². The molecule has 0 aliphatic heterocycles. The molecule has 1 aliphatic rings. The summed E-state index contributed by atoms with van der Waals surface area (Å²) in [5.74, 6) is 2.51. The summed E-state index contributed by atoms with van der Waals surface area (Å²) in [7, 11) is 0. The predicted molar refractivity (Wildman–Crippen MR) is 79.2 cm³/mol. The molecule has 1 fully saturated rings. The van der Waals surface area contributed by atoms with Crippen LogP contribution >= 0.6 is 11.6 Å². The van der Waals surface area contributed by atoms with E-state index >= 15 is 0 Å². The summed E-state index contributed by atoms with van der Waals surface area (Å²) in [6.45, 7) is 1.08. The molecule has 1 aliphatic carbocycles. The second kappa shape index (κ2) is 5.54. The first kappa shape index (κ1) is 12.4. The minimum Gasteiger partial charge on any atom is -0.457 e. The number of rotatable bonds is 5. The summed E-state index contributed by atoms with van der Waals surface area (Å²) in [5.41, 5.74) is 1.15. The molecular formula is C16H16ClNO. The number of hydrogen-bond donors (Lipinski definition) is 1. The van der Waals surface area contributed by atoms with Gasteiger partial charge in [-0.25, -0.2) is 0 Å². The van der Waals surface area contributed by atoms with Gasteiger partial charge in [-0.1, -0.05) is 11.6 Å². The van der Waals surface area contributed by atoms with Crippen molar-refractivity contribution in [1.82, 2.24) is 0 Å². The smallest absolute Gasteiger partial charge is 0.127 e. The van der Waals surface area contributed by atoms with E-state index in [2.05, 4.69) is 5.32 Å². The van der Waals surface area contributed by atoms with Crippen molar-refractivity contribution in [3.63, 3.8) is 0 Å². The van der Waals surface area contributed by atoms with Crippen LogP contribution in [-0.4, -0.2) is 6.54 Å². The summed E-state index contributed by atoms with van der Waals surface area (Å²) < 4.78 is 5.74. The summed E-state index contributed by atoms with van der Waals surface area (Å²) in [6, 6.07) is 15.4. The molecule has 1 saturated carbocycles. The van der Waals surface area contributed by atoms with Crippen LogP contribution in [0.25, 0.3) is 0 Å². The molecule has 0 atom stereocenters. The van der Waals surface area contributed by atoms with Gasteiger partial charge in [0.1, 0.15) is 11.5 Å². The van der Waals surface area contributed by atoms with Crippen molar-refractivity contribution in [1.29, 1.82) is 0 Å². The average Bonchev–Trinajstić information content (AvgIpc) is 3.25. The lowest BCUT2D eigenvalue weighted by Crippen LogP contribution is -2.02.